The third kappa shape index (κ3) is 5.34. The summed E-state index contributed by atoms with van der Waals surface area (Å²) in [7, 11) is 1.93. The highest BCUT2D eigenvalue weighted by atomic mass is 79.9. The van der Waals surface area contributed by atoms with Gasteiger partial charge in [0.2, 0.25) is 0 Å². The zero-order valence-electron chi connectivity index (χ0n) is 11.7. The van der Waals surface area contributed by atoms with Gasteiger partial charge in [0.25, 0.3) is 0 Å². The van der Waals surface area contributed by atoms with E-state index in [-0.39, 0.29) is 0 Å². The van der Waals surface area contributed by atoms with Crippen molar-refractivity contribution in [3.8, 4) is 11.5 Å². The Morgan fingerprint density at radius 2 is 1.81 bits per heavy atom. The molecule has 0 aliphatic carbocycles. The molecule has 0 aliphatic heterocycles. The number of halogens is 2. The minimum atomic E-state index is 0.497. The minimum absolute atomic E-state index is 0.497. The van der Waals surface area contributed by atoms with Crippen molar-refractivity contribution >= 4 is 31.9 Å². The third-order valence-corrected chi connectivity index (χ3v) is 3.90. The number of ether oxygens (including phenoxy) is 2. The van der Waals surface area contributed by atoms with Crippen LogP contribution in [0, 0.1) is 0 Å². The van der Waals surface area contributed by atoms with Crippen molar-refractivity contribution < 1.29 is 9.47 Å². The van der Waals surface area contributed by atoms with Crippen LogP contribution in [0.4, 0.5) is 0 Å². The number of hydrogen-bond acceptors (Lipinski definition) is 3. The molecule has 1 N–H and O–H groups in total. The van der Waals surface area contributed by atoms with Crippen LogP contribution in [-0.4, -0.2) is 20.3 Å². The van der Waals surface area contributed by atoms with Crippen LogP contribution in [0.25, 0.3) is 0 Å². The van der Waals surface area contributed by atoms with Gasteiger partial charge in [0.15, 0.2) is 0 Å². The molecule has 2 aromatic carbocycles. The van der Waals surface area contributed by atoms with E-state index in [9.17, 15) is 0 Å². The summed E-state index contributed by atoms with van der Waals surface area (Å²) in [5.41, 5.74) is 1.20. The molecule has 0 atom stereocenters. The monoisotopic (exact) mass is 413 g/mol. The van der Waals surface area contributed by atoms with Crippen molar-refractivity contribution in [1.29, 1.82) is 0 Å². The van der Waals surface area contributed by atoms with E-state index in [0.717, 1.165) is 27.0 Å². The molecule has 0 amide bonds. The van der Waals surface area contributed by atoms with Crippen LogP contribution in [0.15, 0.2) is 51.4 Å². The van der Waals surface area contributed by atoms with Crippen LogP contribution >= 0.6 is 31.9 Å². The maximum atomic E-state index is 5.70. The molecule has 0 saturated carbocycles. The van der Waals surface area contributed by atoms with E-state index >= 15 is 0 Å². The molecule has 21 heavy (non-hydrogen) atoms. The molecule has 0 spiro atoms. The summed E-state index contributed by atoms with van der Waals surface area (Å²) >= 11 is 6.88. The summed E-state index contributed by atoms with van der Waals surface area (Å²) < 4.78 is 13.3. The van der Waals surface area contributed by atoms with Gasteiger partial charge in [0.05, 0.1) is 4.47 Å². The Balaban J connectivity index is 1.80. The molecule has 2 aromatic rings. The van der Waals surface area contributed by atoms with E-state index in [4.69, 9.17) is 9.47 Å². The third-order valence-electron chi connectivity index (χ3n) is 2.78. The second kappa shape index (κ2) is 8.41. The predicted octanol–water partition coefficient (Wildman–Crippen LogP) is 4.39. The predicted molar refractivity (Wildman–Crippen MR) is 92.0 cm³/mol. The maximum Gasteiger partial charge on any atom is 0.133 e. The van der Waals surface area contributed by atoms with Gasteiger partial charge in [-0.05, 0) is 58.9 Å². The van der Waals surface area contributed by atoms with Gasteiger partial charge in [-0.25, -0.2) is 0 Å². The second-order valence-corrected chi connectivity index (χ2v) is 6.22. The van der Waals surface area contributed by atoms with Gasteiger partial charge in [0, 0.05) is 11.0 Å². The van der Waals surface area contributed by atoms with Crippen LogP contribution in [0.5, 0.6) is 11.5 Å². The molecule has 5 heteroatoms. The molecule has 0 saturated heterocycles. The highest BCUT2D eigenvalue weighted by Crippen LogP contribution is 2.28. The van der Waals surface area contributed by atoms with Gasteiger partial charge < -0.3 is 14.8 Å². The quantitative estimate of drug-likeness (QED) is 0.681. The van der Waals surface area contributed by atoms with Crippen molar-refractivity contribution in [3.63, 3.8) is 0 Å². The number of benzene rings is 2. The summed E-state index contributed by atoms with van der Waals surface area (Å²) in [6.45, 7) is 1.83. The molecule has 0 unspecified atom stereocenters. The molecule has 0 heterocycles. The summed E-state index contributed by atoms with van der Waals surface area (Å²) in [6.07, 6.45) is 0. The molecule has 0 bridgehead atoms. The summed E-state index contributed by atoms with van der Waals surface area (Å²) in [4.78, 5) is 0. The molecular weight excluding hydrogens is 398 g/mol. The normalized spacial score (nSPS) is 10.4. The largest absolute Gasteiger partial charge is 0.490 e. The fourth-order valence-corrected chi connectivity index (χ4v) is 3.01. The maximum absolute atomic E-state index is 5.70. The molecule has 0 aliphatic rings. The highest BCUT2D eigenvalue weighted by Gasteiger charge is 2.02. The van der Waals surface area contributed by atoms with Crippen molar-refractivity contribution in [3.05, 3.63) is 57.0 Å². The first-order valence-corrected chi connectivity index (χ1v) is 8.22. The Hall–Kier alpha value is -1.04. The Bertz CT molecular complexity index is 590. The standard InChI is InChI=1S/C16H17Br2NO2/c1-19-11-12-3-2-4-14(9-12)20-7-8-21-16-6-5-13(17)10-15(16)18/h2-6,9-10,19H,7-8,11H2,1H3. The van der Waals surface area contributed by atoms with Crippen LogP contribution in [-0.2, 0) is 6.54 Å². The zero-order valence-corrected chi connectivity index (χ0v) is 14.9. The van der Waals surface area contributed by atoms with E-state index in [1.165, 1.54) is 5.56 Å². The van der Waals surface area contributed by atoms with Gasteiger partial charge in [-0.2, -0.15) is 0 Å². The lowest BCUT2D eigenvalue weighted by Crippen LogP contribution is -2.10. The van der Waals surface area contributed by atoms with Crippen molar-refractivity contribution in [2.75, 3.05) is 20.3 Å². The number of rotatable bonds is 7. The molecule has 112 valence electrons. The van der Waals surface area contributed by atoms with Crippen LogP contribution < -0.4 is 14.8 Å². The van der Waals surface area contributed by atoms with Gasteiger partial charge in [-0.3, -0.25) is 0 Å². The van der Waals surface area contributed by atoms with Crippen LogP contribution in [0.3, 0.4) is 0 Å². The van der Waals surface area contributed by atoms with E-state index < -0.39 is 0 Å². The fraction of sp³-hybridized carbons (Fsp3) is 0.250. The van der Waals surface area contributed by atoms with Gasteiger partial charge >= 0.3 is 0 Å². The van der Waals surface area contributed by atoms with E-state index in [0.29, 0.717) is 13.2 Å². The topological polar surface area (TPSA) is 30.5 Å². The molecule has 2 rings (SSSR count). The molecule has 3 nitrogen and oxygen atoms in total. The summed E-state index contributed by atoms with van der Waals surface area (Å²) in [5, 5.41) is 3.12. The Labute approximate surface area is 141 Å². The lowest BCUT2D eigenvalue weighted by molar-refractivity contribution is 0.216. The van der Waals surface area contributed by atoms with E-state index in [1.54, 1.807) is 0 Å². The first-order valence-electron chi connectivity index (χ1n) is 6.63. The molecular formula is C16H17Br2NO2. The lowest BCUT2D eigenvalue weighted by atomic mass is 10.2. The molecule has 0 aromatic heterocycles. The van der Waals surface area contributed by atoms with E-state index in [2.05, 4.69) is 43.2 Å². The number of hydrogen-bond donors (Lipinski definition) is 1. The van der Waals surface area contributed by atoms with Crippen molar-refractivity contribution in [2.45, 2.75) is 6.54 Å². The summed E-state index contributed by atoms with van der Waals surface area (Å²) in [5.74, 6) is 1.67. The summed E-state index contributed by atoms with van der Waals surface area (Å²) in [6, 6.07) is 13.9. The van der Waals surface area contributed by atoms with Crippen LogP contribution in [0.2, 0.25) is 0 Å². The van der Waals surface area contributed by atoms with Gasteiger partial charge in [-0.1, -0.05) is 28.1 Å². The van der Waals surface area contributed by atoms with Gasteiger partial charge in [-0.15, -0.1) is 0 Å². The average Bonchev–Trinajstić information content (AvgIpc) is 2.46. The minimum Gasteiger partial charge on any atom is -0.490 e. The van der Waals surface area contributed by atoms with Crippen molar-refractivity contribution in [1.82, 2.24) is 5.32 Å². The SMILES string of the molecule is CNCc1cccc(OCCOc2ccc(Br)cc2Br)c1. The fourth-order valence-electron chi connectivity index (χ4n) is 1.85. The molecule has 0 fully saturated rings. The lowest BCUT2D eigenvalue weighted by Gasteiger charge is -2.10. The molecule has 0 radical (unpaired) electrons. The number of nitrogens with one attached hydrogen (secondary N) is 1. The smallest absolute Gasteiger partial charge is 0.133 e. The first kappa shape index (κ1) is 16.3. The van der Waals surface area contributed by atoms with Crippen molar-refractivity contribution in [2.24, 2.45) is 0 Å². The van der Waals surface area contributed by atoms with Gasteiger partial charge in [0.1, 0.15) is 24.7 Å². The Morgan fingerprint density at radius 3 is 2.57 bits per heavy atom. The van der Waals surface area contributed by atoms with Crippen LogP contribution in [0.1, 0.15) is 5.56 Å². The first-order chi connectivity index (χ1) is 10.2. The highest BCUT2D eigenvalue weighted by molar-refractivity contribution is 9.11. The Kier molecular flexibility index (Phi) is 6.54. The van der Waals surface area contributed by atoms with E-state index in [1.807, 2.05) is 43.4 Å². The Morgan fingerprint density at radius 1 is 1.00 bits per heavy atom. The zero-order chi connectivity index (χ0) is 15.1. The average molecular weight is 415 g/mol. The second-order valence-electron chi connectivity index (χ2n) is 4.45.